The lowest BCUT2D eigenvalue weighted by Gasteiger charge is -2.35. The molecule has 10 nitrogen and oxygen atoms in total. The first kappa shape index (κ1) is 47.5. The first-order valence-electron chi connectivity index (χ1n) is 20.5. The van der Waals surface area contributed by atoms with Gasteiger partial charge in [-0.1, -0.05) is 38.5 Å². The van der Waals surface area contributed by atoms with Gasteiger partial charge in [-0.05, 0) is 98.8 Å². The molecule has 12 heteroatoms. The summed E-state index contributed by atoms with van der Waals surface area (Å²) in [6, 6.07) is 7.92. The van der Waals surface area contributed by atoms with Crippen molar-refractivity contribution in [2.24, 2.45) is 11.8 Å². The Morgan fingerprint density at radius 1 is 0.518 bits per heavy atom. The number of rotatable bonds is 20. The van der Waals surface area contributed by atoms with Gasteiger partial charge in [0.2, 0.25) is 11.5 Å². The monoisotopic (exact) mass is 822 g/mol. The summed E-state index contributed by atoms with van der Waals surface area (Å²) in [4.78, 5) is 33.0. The lowest BCUT2D eigenvalue weighted by atomic mass is 9.74. The third-order valence-electron chi connectivity index (χ3n) is 12.3. The number of Topliss-reactive ketones (excluding diaryl/α,β-unsaturated/α-hetero) is 2. The van der Waals surface area contributed by atoms with Gasteiger partial charge in [-0.25, -0.2) is 0 Å². The fourth-order valence-corrected chi connectivity index (χ4v) is 9.44. The molecule has 2 aromatic carbocycles. The van der Waals surface area contributed by atoms with Crippen LogP contribution in [-0.4, -0.2) is 103 Å². The lowest BCUT2D eigenvalue weighted by Crippen LogP contribution is -2.46. The molecule has 0 N–H and O–H groups in total. The number of hydrogen-bond donors (Lipinski definition) is 0. The van der Waals surface area contributed by atoms with Crippen LogP contribution in [0.5, 0.6) is 34.5 Å². The molecule has 3 aliphatic rings. The summed E-state index contributed by atoms with van der Waals surface area (Å²) in [6.45, 7) is 5.77. The van der Waals surface area contributed by atoms with Crippen LogP contribution in [0.4, 0.5) is 0 Å². The largest absolute Gasteiger partial charge is 0.493 e. The Hall–Kier alpha value is -2.92. The summed E-state index contributed by atoms with van der Waals surface area (Å²) in [5, 5.41) is 0. The zero-order valence-electron chi connectivity index (χ0n) is 34.7. The topological polar surface area (TPSA) is 96.0 Å². The number of methoxy groups -OCH3 is 6. The Kier molecular flexibility index (Phi) is 20.4. The van der Waals surface area contributed by atoms with Gasteiger partial charge in [-0.3, -0.25) is 9.59 Å². The van der Waals surface area contributed by atoms with Crippen molar-refractivity contribution in [3.05, 3.63) is 35.4 Å². The summed E-state index contributed by atoms with van der Waals surface area (Å²) < 4.78 is 33.8. The van der Waals surface area contributed by atoms with Crippen LogP contribution in [0.1, 0.15) is 113 Å². The maximum Gasteiger partial charge on any atom is 0.203 e. The van der Waals surface area contributed by atoms with E-state index in [1.165, 1.54) is 38.5 Å². The maximum absolute atomic E-state index is 14.0. The van der Waals surface area contributed by atoms with Crippen molar-refractivity contribution in [1.82, 2.24) is 9.80 Å². The van der Waals surface area contributed by atoms with Gasteiger partial charge in [-0.2, -0.15) is 0 Å². The third-order valence-corrected chi connectivity index (χ3v) is 12.3. The minimum atomic E-state index is -0.162. The van der Waals surface area contributed by atoms with E-state index >= 15 is 0 Å². The number of hydrogen-bond acceptors (Lipinski definition) is 10. The summed E-state index contributed by atoms with van der Waals surface area (Å²) in [6.07, 6.45) is 14.3. The Morgan fingerprint density at radius 2 is 0.821 bits per heavy atom. The van der Waals surface area contributed by atoms with Crippen molar-refractivity contribution in [3.8, 4) is 34.5 Å². The molecule has 2 aliphatic carbocycles. The second-order valence-corrected chi connectivity index (χ2v) is 15.5. The molecule has 1 saturated heterocycles. The first-order valence-corrected chi connectivity index (χ1v) is 20.5. The normalized spacial score (nSPS) is 18.1. The molecule has 0 radical (unpaired) electrons. The van der Waals surface area contributed by atoms with Crippen LogP contribution in [0, 0.1) is 11.8 Å². The summed E-state index contributed by atoms with van der Waals surface area (Å²) in [5.41, 5.74) is 1.95. The Morgan fingerprint density at radius 3 is 1.09 bits per heavy atom. The molecule has 5 rings (SSSR count). The average molecular weight is 824 g/mol. The van der Waals surface area contributed by atoms with Crippen LogP contribution in [0.15, 0.2) is 24.3 Å². The van der Waals surface area contributed by atoms with E-state index in [0.29, 0.717) is 70.7 Å². The predicted molar refractivity (Wildman–Crippen MR) is 227 cm³/mol. The molecule has 2 saturated carbocycles. The molecule has 0 amide bonds. The van der Waals surface area contributed by atoms with Crippen LogP contribution in [0.2, 0.25) is 0 Å². The number of piperazine rings is 1. The summed E-state index contributed by atoms with van der Waals surface area (Å²) >= 11 is 0. The minimum absolute atomic E-state index is 0. The second-order valence-electron chi connectivity index (χ2n) is 15.5. The highest BCUT2D eigenvalue weighted by atomic mass is 35.5. The zero-order chi connectivity index (χ0) is 38.5. The average Bonchev–Trinajstić information content (AvgIpc) is 3.21. The van der Waals surface area contributed by atoms with Crippen molar-refractivity contribution in [1.29, 1.82) is 0 Å². The van der Waals surface area contributed by atoms with E-state index in [0.717, 1.165) is 88.9 Å². The number of nitrogens with zero attached hydrogens (tertiary/aromatic N) is 2. The standard InChI is InChI=1S/C44H66N2O8.2ClH/c1-49-37-27-33(28-38(50-2)43(37)53-5)41(31-15-9-7-10-16-31)35(47)19-13-21-45-23-25-46(26-24-45)22-14-20-36(48)42(32-17-11-8-12-18-32)34-29-39(51-3)44(54-6)40(30-34)52-4;;/h27-32,41-42H,7-26H2,1-6H3;2*1H. The SMILES string of the molecule is COc1cc(C(C(=O)CCCN2CCN(CCCC(=O)C(c3cc(OC)c(OC)c(OC)c3)C3CCCCC3)CC2)C2CCCCC2)cc(OC)c1OC.Cl.Cl. The molecule has 1 heterocycles. The molecular weight excluding hydrogens is 755 g/mol. The van der Waals surface area contributed by atoms with Gasteiger partial charge in [-0.15, -0.1) is 24.8 Å². The molecule has 2 unspecified atom stereocenters. The highest BCUT2D eigenvalue weighted by Crippen LogP contribution is 2.46. The number of halogens is 2. The van der Waals surface area contributed by atoms with Gasteiger partial charge in [0.1, 0.15) is 11.6 Å². The van der Waals surface area contributed by atoms with Crippen molar-refractivity contribution in [3.63, 3.8) is 0 Å². The van der Waals surface area contributed by atoms with Gasteiger partial charge in [0.15, 0.2) is 23.0 Å². The second kappa shape index (κ2) is 24.1. The van der Waals surface area contributed by atoms with Crippen molar-refractivity contribution >= 4 is 36.4 Å². The fourth-order valence-electron chi connectivity index (χ4n) is 9.44. The van der Waals surface area contributed by atoms with Crippen LogP contribution in [0.25, 0.3) is 0 Å². The molecule has 56 heavy (non-hydrogen) atoms. The van der Waals surface area contributed by atoms with E-state index in [-0.39, 0.29) is 36.6 Å². The first-order chi connectivity index (χ1) is 26.3. The third kappa shape index (κ3) is 12.1. The molecule has 0 aromatic heterocycles. The van der Waals surface area contributed by atoms with Gasteiger partial charge >= 0.3 is 0 Å². The highest BCUT2D eigenvalue weighted by Gasteiger charge is 2.34. The molecule has 2 aromatic rings. The minimum Gasteiger partial charge on any atom is -0.493 e. The number of ether oxygens (including phenoxy) is 6. The number of benzene rings is 2. The van der Waals surface area contributed by atoms with Gasteiger partial charge < -0.3 is 38.2 Å². The Bertz CT molecular complexity index is 1340. The number of carbonyl (C=O) groups is 2. The van der Waals surface area contributed by atoms with Crippen LogP contribution in [0.3, 0.4) is 0 Å². The maximum atomic E-state index is 14.0. The summed E-state index contributed by atoms with van der Waals surface area (Å²) in [5.74, 6) is 4.51. The summed E-state index contributed by atoms with van der Waals surface area (Å²) in [7, 11) is 9.74. The smallest absolute Gasteiger partial charge is 0.203 e. The number of ketones is 2. The van der Waals surface area contributed by atoms with E-state index in [1.807, 2.05) is 24.3 Å². The fraction of sp³-hybridized carbons (Fsp3) is 0.682. The van der Waals surface area contributed by atoms with E-state index in [9.17, 15) is 9.59 Å². The zero-order valence-corrected chi connectivity index (χ0v) is 36.4. The van der Waals surface area contributed by atoms with Gasteiger partial charge in [0.25, 0.3) is 0 Å². The van der Waals surface area contributed by atoms with Crippen molar-refractivity contribution in [2.45, 2.75) is 102 Å². The molecule has 0 spiro atoms. The molecule has 3 fully saturated rings. The van der Waals surface area contributed by atoms with Crippen LogP contribution in [-0.2, 0) is 9.59 Å². The molecule has 316 valence electrons. The van der Waals surface area contributed by atoms with Crippen LogP contribution < -0.4 is 28.4 Å². The molecule has 2 atom stereocenters. The van der Waals surface area contributed by atoms with E-state index in [2.05, 4.69) is 9.80 Å². The molecule has 1 aliphatic heterocycles. The van der Waals surface area contributed by atoms with E-state index in [4.69, 9.17) is 28.4 Å². The van der Waals surface area contributed by atoms with Crippen molar-refractivity contribution in [2.75, 3.05) is 81.9 Å². The number of carbonyl (C=O) groups excluding carboxylic acids is 2. The molecule has 0 bridgehead atoms. The Labute approximate surface area is 348 Å². The quantitative estimate of drug-likeness (QED) is 0.129. The lowest BCUT2D eigenvalue weighted by molar-refractivity contribution is -0.123. The van der Waals surface area contributed by atoms with Gasteiger partial charge in [0, 0.05) is 50.9 Å². The van der Waals surface area contributed by atoms with E-state index < -0.39 is 0 Å². The Balaban J connectivity index is 0.00000420. The predicted octanol–water partition coefficient (Wildman–Crippen LogP) is 8.93. The molecular formula is C44H68Cl2N2O8. The van der Waals surface area contributed by atoms with Crippen molar-refractivity contribution < 1.29 is 38.0 Å². The van der Waals surface area contributed by atoms with Gasteiger partial charge in [0.05, 0.1) is 42.7 Å². The highest BCUT2D eigenvalue weighted by molar-refractivity contribution is 5.87. The van der Waals surface area contributed by atoms with E-state index in [1.54, 1.807) is 42.7 Å². The van der Waals surface area contributed by atoms with Crippen LogP contribution >= 0.6 is 24.8 Å².